The van der Waals surface area contributed by atoms with E-state index in [2.05, 4.69) is 14.7 Å². The Morgan fingerprint density at radius 2 is 1.88 bits per heavy atom. The summed E-state index contributed by atoms with van der Waals surface area (Å²) in [6, 6.07) is 13.9. The maximum atomic E-state index is 12.9. The lowest BCUT2D eigenvalue weighted by Gasteiger charge is -2.07. The summed E-state index contributed by atoms with van der Waals surface area (Å²) in [5.74, 6) is -0.416. The van der Waals surface area contributed by atoms with Gasteiger partial charge in [-0.15, -0.1) is 0 Å². The highest BCUT2D eigenvalue weighted by atomic mass is 35.5. The molecular weight excluding hydrogens is 361 g/mol. The van der Waals surface area contributed by atoms with E-state index in [0.29, 0.717) is 22.9 Å². The largest absolute Gasteiger partial charge is 0.489 e. The number of ether oxygens (including phenoxy) is 1. The topological polar surface area (TPSA) is 48.2 Å². The molecule has 0 spiro atoms. The number of rotatable bonds is 5. The molecule has 0 radical (unpaired) electrons. The number of hydrogen-bond donors (Lipinski definition) is 0. The zero-order chi connectivity index (χ0) is 17.2. The lowest BCUT2D eigenvalue weighted by atomic mass is 10.2. The predicted octanol–water partition coefficient (Wildman–Crippen LogP) is 5.26. The fraction of sp³-hybridized carbons (Fsp3) is 0.125. The highest BCUT2D eigenvalue weighted by Crippen LogP contribution is 2.32. The van der Waals surface area contributed by atoms with E-state index in [9.17, 15) is 8.78 Å². The van der Waals surface area contributed by atoms with Gasteiger partial charge in [-0.05, 0) is 41.4 Å². The van der Waals surface area contributed by atoms with Gasteiger partial charge in [-0.3, -0.25) is 0 Å². The van der Waals surface area contributed by atoms with Crippen LogP contribution in [0.15, 0.2) is 53.1 Å². The Morgan fingerprint density at radius 1 is 1.12 bits per heavy atom. The van der Waals surface area contributed by atoms with Crippen LogP contribution in [0.4, 0.5) is 8.78 Å². The molecular formula is C16H10Cl2F2N2O2. The van der Waals surface area contributed by atoms with Crippen LogP contribution >= 0.6 is 23.2 Å². The minimum Gasteiger partial charge on any atom is -0.489 e. The van der Waals surface area contributed by atoms with Crippen molar-refractivity contribution in [2.45, 2.75) is 12.0 Å². The molecule has 3 rings (SSSR count). The molecule has 124 valence electrons. The van der Waals surface area contributed by atoms with Crippen LogP contribution < -0.4 is 4.74 Å². The zero-order valence-electron chi connectivity index (χ0n) is 12.0. The average molecular weight is 371 g/mol. The van der Waals surface area contributed by atoms with Crippen molar-refractivity contribution in [3.63, 3.8) is 0 Å². The van der Waals surface area contributed by atoms with E-state index < -0.39 is 11.3 Å². The summed E-state index contributed by atoms with van der Waals surface area (Å²) in [6.07, 6.45) is 0. The maximum Gasteiger partial charge on any atom is 0.400 e. The summed E-state index contributed by atoms with van der Waals surface area (Å²) < 4.78 is 36.0. The monoisotopic (exact) mass is 370 g/mol. The molecule has 0 unspecified atom stereocenters. The molecule has 0 aliphatic carbocycles. The number of halogens is 4. The minimum absolute atomic E-state index is 0.00210. The van der Waals surface area contributed by atoms with Crippen LogP contribution in [-0.2, 0) is 12.0 Å². The molecule has 4 nitrogen and oxygen atoms in total. The fourth-order valence-corrected chi connectivity index (χ4v) is 2.13. The fourth-order valence-electron chi connectivity index (χ4n) is 1.93. The van der Waals surface area contributed by atoms with Crippen molar-refractivity contribution in [3.8, 4) is 17.1 Å². The first kappa shape index (κ1) is 16.7. The smallest absolute Gasteiger partial charge is 0.400 e. The van der Waals surface area contributed by atoms with Crippen molar-refractivity contribution in [1.29, 1.82) is 0 Å². The van der Waals surface area contributed by atoms with Crippen LogP contribution in [0.1, 0.15) is 11.5 Å². The normalized spacial score (nSPS) is 11.5. The highest BCUT2D eigenvalue weighted by molar-refractivity contribution is 6.30. The van der Waals surface area contributed by atoms with Gasteiger partial charge in [0.05, 0.1) is 0 Å². The van der Waals surface area contributed by atoms with E-state index in [4.69, 9.17) is 27.9 Å². The molecule has 0 atom stereocenters. The summed E-state index contributed by atoms with van der Waals surface area (Å²) in [5.41, 5.74) is 1.41. The standard InChI is InChI=1S/C16H10Cl2F2N2O2/c17-12-6-4-10(5-7-12)9-23-13-3-1-2-11(8-13)14-21-15(24-22-14)16(18,19)20/h1-8H,9H2. The second kappa shape index (κ2) is 6.75. The van der Waals surface area contributed by atoms with E-state index in [1.807, 2.05) is 12.1 Å². The van der Waals surface area contributed by atoms with Gasteiger partial charge in [-0.25, -0.2) is 0 Å². The van der Waals surface area contributed by atoms with Gasteiger partial charge in [0, 0.05) is 10.6 Å². The third-order valence-corrected chi connectivity index (χ3v) is 3.49. The molecule has 1 aromatic heterocycles. The Bertz CT molecular complexity index is 833. The molecule has 0 amide bonds. The van der Waals surface area contributed by atoms with Crippen LogP contribution in [0.3, 0.4) is 0 Å². The van der Waals surface area contributed by atoms with Gasteiger partial charge in [0.2, 0.25) is 5.82 Å². The van der Waals surface area contributed by atoms with E-state index in [1.54, 1.807) is 36.4 Å². The first-order chi connectivity index (χ1) is 11.4. The number of aromatic nitrogens is 2. The summed E-state index contributed by atoms with van der Waals surface area (Å²) in [4.78, 5) is 3.59. The maximum absolute atomic E-state index is 12.9. The SMILES string of the molecule is FC(F)(Cl)c1nc(-c2cccc(OCc3ccc(Cl)cc3)c2)no1. The molecule has 0 aliphatic rings. The third kappa shape index (κ3) is 4.01. The van der Waals surface area contributed by atoms with E-state index in [1.165, 1.54) is 0 Å². The second-order valence-corrected chi connectivity index (χ2v) is 5.78. The van der Waals surface area contributed by atoms with Gasteiger partial charge in [0.15, 0.2) is 0 Å². The molecule has 0 N–H and O–H groups in total. The minimum atomic E-state index is -3.70. The van der Waals surface area contributed by atoms with Crippen molar-refractivity contribution < 1.29 is 18.0 Å². The molecule has 2 aromatic carbocycles. The Kier molecular flexibility index (Phi) is 4.69. The van der Waals surface area contributed by atoms with Crippen molar-refractivity contribution in [2.24, 2.45) is 0 Å². The lowest BCUT2D eigenvalue weighted by molar-refractivity contribution is 0.0551. The molecule has 0 bridgehead atoms. The van der Waals surface area contributed by atoms with Crippen LogP contribution in [-0.4, -0.2) is 10.1 Å². The van der Waals surface area contributed by atoms with Crippen molar-refractivity contribution in [2.75, 3.05) is 0 Å². The molecule has 0 fully saturated rings. The third-order valence-electron chi connectivity index (χ3n) is 3.08. The molecule has 24 heavy (non-hydrogen) atoms. The molecule has 0 saturated heterocycles. The number of hydrogen-bond acceptors (Lipinski definition) is 4. The average Bonchev–Trinajstić information content (AvgIpc) is 3.05. The molecule has 0 aliphatic heterocycles. The van der Waals surface area contributed by atoms with Gasteiger partial charge >= 0.3 is 11.3 Å². The summed E-state index contributed by atoms with van der Waals surface area (Å²) in [6.45, 7) is 0.331. The quantitative estimate of drug-likeness (QED) is 0.575. The molecule has 3 aromatic rings. The molecule has 0 saturated carbocycles. The first-order valence-corrected chi connectivity index (χ1v) is 7.56. The van der Waals surface area contributed by atoms with Crippen LogP contribution in [0.25, 0.3) is 11.4 Å². The first-order valence-electron chi connectivity index (χ1n) is 6.80. The van der Waals surface area contributed by atoms with Gasteiger partial charge in [-0.1, -0.05) is 41.0 Å². The van der Waals surface area contributed by atoms with Gasteiger partial charge in [0.1, 0.15) is 12.4 Å². The lowest BCUT2D eigenvalue weighted by Crippen LogP contribution is -2.03. The van der Waals surface area contributed by atoms with E-state index in [-0.39, 0.29) is 5.82 Å². The van der Waals surface area contributed by atoms with E-state index >= 15 is 0 Å². The van der Waals surface area contributed by atoms with Crippen molar-refractivity contribution in [1.82, 2.24) is 10.1 Å². The predicted molar refractivity (Wildman–Crippen MR) is 85.3 cm³/mol. The summed E-state index contributed by atoms with van der Waals surface area (Å²) >= 11 is 10.7. The summed E-state index contributed by atoms with van der Waals surface area (Å²) in [7, 11) is 0. The van der Waals surface area contributed by atoms with Crippen LogP contribution in [0, 0.1) is 0 Å². The Balaban J connectivity index is 1.74. The summed E-state index contributed by atoms with van der Waals surface area (Å²) in [5, 5.41) is 0.444. The Labute approximate surface area is 146 Å². The molecule has 1 heterocycles. The highest BCUT2D eigenvalue weighted by Gasteiger charge is 2.35. The van der Waals surface area contributed by atoms with Crippen LogP contribution in [0.5, 0.6) is 5.75 Å². The molecule has 8 heteroatoms. The Morgan fingerprint density at radius 3 is 2.54 bits per heavy atom. The van der Waals surface area contributed by atoms with Crippen molar-refractivity contribution in [3.05, 3.63) is 65.0 Å². The zero-order valence-corrected chi connectivity index (χ0v) is 13.6. The number of benzene rings is 2. The number of nitrogens with zero attached hydrogens (tertiary/aromatic N) is 2. The second-order valence-electron chi connectivity index (χ2n) is 4.86. The van der Waals surface area contributed by atoms with Gasteiger partial charge in [0.25, 0.3) is 0 Å². The van der Waals surface area contributed by atoms with Gasteiger partial charge in [-0.2, -0.15) is 13.8 Å². The van der Waals surface area contributed by atoms with E-state index in [0.717, 1.165) is 5.56 Å². The van der Waals surface area contributed by atoms with Gasteiger partial charge < -0.3 is 9.26 Å². The Hall–Kier alpha value is -2.18. The number of alkyl halides is 3. The van der Waals surface area contributed by atoms with Crippen LogP contribution in [0.2, 0.25) is 5.02 Å². The van der Waals surface area contributed by atoms with Crippen molar-refractivity contribution >= 4 is 23.2 Å².